The van der Waals surface area contributed by atoms with Crippen LogP contribution in [-0.4, -0.2) is 60.7 Å². The van der Waals surface area contributed by atoms with Gasteiger partial charge in [0.25, 0.3) is 5.91 Å². The lowest BCUT2D eigenvalue weighted by molar-refractivity contribution is -0.278. The summed E-state index contributed by atoms with van der Waals surface area (Å²) in [5, 5.41) is 12.5. The number of benzene rings is 3. The Hall–Kier alpha value is -3.11. The number of anilines is 1. The number of amides is 1. The first-order valence-corrected chi connectivity index (χ1v) is 14.5. The van der Waals surface area contributed by atoms with Gasteiger partial charge in [-0.15, -0.1) is 0 Å². The minimum Gasteiger partial charge on any atom is -0.392 e. The third-order valence-electron chi connectivity index (χ3n) is 8.47. The molecule has 1 amide bonds. The highest BCUT2D eigenvalue weighted by Gasteiger charge is 2.43. The van der Waals surface area contributed by atoms with Gasteiger partial charge in [-0.25, -0.2) is 0 Å². The second-order valence-electron chi connectivity index (χ2n) is 11.2. The molecule has 0 bridgehead atoms. The summed E-state index contributed by atoms with van der Waals surface area (Å²) < 4.78 is 25.1. The molecule has 0 aliphatic carbocycles. The summed E-state index contributed by atoms with van der Waals surface area (Å²) in [5.74, 6) is -0.457. The Morgan fingerprint density at radius 2 is 1.56 bits per heavy atom. The third kappa shape index (κ3) is 6.38. The van der Waals surface area contributed by atoms with Crippen LogP contribution < -0.4 is 5.32 Å². The van der Waals surface area contributed by atoms with Crippen molar-refractivity contribution in [1.29, 1.82) is 0 Å². The maximum atomic E-state index is 12.6. The first-order valence-electron chi connectivity index (χ1n) is 14.5. The van der Waals surface area contributed by atoms with Crippen LogP contribution in [0.3, 0.4) is 0 Å². The number of carbonyl (C=O) groups is 1. The third-order valence-corrected chi connectivity index (χ3v) is 8.47. The van der Waals surface area contributed by atoms with Crippen LogP contribution in [0.1, 0.15) is 59.2 Å². The summed E-state index contributed by atoms with van der Waals surface area (Å²) >= 11 is 0. The van der Waals surface area contributed by atoms with Crippen LogP contribution in [0.25, 0.3) is 0 Å². The molecule has 0 saturated carbocycles. The first-order chi connectivity index (χ1) is 20.0. The molecule has 3 fully saturated rings. The SMILES string of the molecule is C[C@H]1[C@@H](CN2CCC3(CC2)OCCO3)O[C@@H](c2ccc(NC(=O)c3ccccc3)cc2)O[C@H]1c1ccc(CO)cc1. The molecule has 6 rings (SSSR count). The van der Waals surface area contributed by atoms with Gasteiger partial charge >= 0.3 is 0 Å². The molecule has 2 N–H and O–H groups in total. The second-order valence-corrected chi connectivity index (χ2v) is 11.2. The largest absolute Gasteiger partial charge is 0.392 e. The molecule has 0 radical (unpaired) electrons. The minimum absolute atomic E-state index is 0.00670. The molecular formula is C33H38N2O6. The summed E-state index contributed by atoms with van der Waals surface area (Å²) in [4.78, 5) is 15.0. The van der Waals surface area contributed by atoms with Crippen molar-refractivity contribution in [2.24, 2.45) is 5.92 Å². The normalized spacial score (nSPS) is 26.2. The molecule has 4 atom stereocenters. The fourth-order valence-corrected chi connectivity index (χ4v) is 5.96. The van der Waals surface area contributed by atoms with Crippen molar-refractivity contribution in [1.82, 2.24) is 4.90 Å². The molecule has 41 heavy (non-hydrogen) atoms. The van der Waals surface area contributed by atoms with E-state index in [0.717, 1.165) is 49.2 Å². The number of nitrogens with zero attached hydrogens (tertiary/aromatic N) is 1. The van der Waals surface area contributed by atoms with Gasteiger partial charge in [0.2, 0.25) is 0 Å². The lowest BCUT2D eigenvalue weighted by Gasteiger charge is -2.44. The number of rotatable bonds is 7. The molecule has 3 aliphatic heterocycles. The lowest BCUT2D eigenvalue weighted by Crippen LogP contribution is -2.50. The van der Waals surface area contributed by atoms with Gasteiger partial charge in [-0.3, -0.25) is 4.79 Å². The zero-order valence-corrected chi connectivity index (χ0v) is 23.4. The molecule has 1 spiro atoms. The Labute approximate surface area is 241 Å². The molecule has 3 aromatic rings. The number of hydrogen-bond donors (Lipinski definition) is 2. The molecular weight excluding hydrogens is 520 g/mol. The highest BCUT2D eigenvalue weighted by Crippen LogP contribution is 2.42. The summed E-state index contributed by atoms with van der Waals surface area (Å²) in [6.07, 6.45) is 0.914. The average Bonchev–Trinajstić information content (AvgIpc) is 3.48. The van der Waals surface area contributed by atoms with Crippen LogP contribution in [0.5, 0.6) is 0 Å². The monoisotopic (exact) mass is 558 g/mol. The highest BCUT2D eigenvalue weighted by atomic mass is 16.7. The van der Waals surface area contributed by atoms with Crippen molar-refractivity contribution in [3.05, 3.63) is 101 Å². The summed E-state index contributed by atoms with van der Waals surface area (Å²) in [6, 6.07) is 24.8. The zero-order valence-electron chi connectivity index (χ0n) is 23.4. The van der Waals surface area contributed by atoms with E-state index in [1.54, 1.807) is 12.1 Å². The van der Waals surface area contributed by atoms with Crippen LogP contribution in [0.15, 0.2) is 78.9 Å². The van der Waals surface area contributed by atoms with Crippen LogP contribution in [0, 0.1) is 5.92 Å². The number of likely N-dealkylation sites (tertiary alicyclic amines) is 1. The molecule has 8 heteroatoms. The number of carbonyl (C=O) groups excluding carboxylic acids is 1. The van der Waals surface area contributed by atoms with E-state index in [9.17, 15) is 9.90 Å². The molecule has 0 aromatic heterocycles. The van der Waals surface area contributed by atoms with Gasteiger partial charge in [0, 0.05) is 55.2 Å². The van der Waals surface area contributed by atoms with Crippen LogP contribution in [0.4, 0.5) is 5.69 Å². The first kappa shape index (κ1) is 28.0. The van der Waals surface area contributed by atoms with E-state index in [4.69, 9.17) is 18.9 Å². The van der Waals surface area contributed by atoms with Gasteiger partial charge < -0.3 is 34.3 Å². The summed E-state index contributed by atoms with van der Waals surface area (Å²) in [5.41, 5.74) is 4.13. The maximum Gasteiger partial charge on any atom is 0.255 e. The number of hydrogen-bond acceptors (Lipinski definition) is 7. The Bertz CT molecular complexity index is 1280. The van der Waals surface area contributed by atoms with Gasteiger partial charge in [0.1, 0.15) is 0 Å². The van der Waals surface area contributed by atoms with Gasteiger partial charge in [-0.05, 0) is 35.4 Å². The van der Waals surface area contributed by atoms with Crippen molar-refractivity contribution in [2.45, 2.75) is 50.7 Å². The Balaban J connectivity index is 1.18. The zero-order chi connectivity index (χ0) is 28.2. The van der Waals surface area contributed by atoms with E-state index in [0.29, 0.717) is 24.5 Å². The number of nitrogens with one attached hydrogen (secondary N) is 1. The lowest BCUT2D eigenvalue weighted by atomic mass is 9.89. The van der Waals surface area contributed by atoms with Gasteiger partial charge in [-0.2, -0.15) is 0 Å². The van der Waals surface area contributed by atoms with Gasteiger partial charge in [0.15, 0.2) is 12.1 Å². The summed E-state index contributed by atoms with van der Waals surface area (Å²) in [6.45, 7) is 6.11. The van der Waals surface area contributed by atoms with Crippen LogP contribution >= 0.6 is 0 Å². The molecule has 216 valence electrons. The smallest absolute Gasteiger partial charge is 0.255 e. The Morgan fingerprint density at radius 3 is 2.22 bits per heavy atom. The van der Waals surface area contributed by atoms with E-state index in [-0.39, 0.29) is 30.6 Å². The molecule has 3 heterocycles. The van der Waals surface area contributed by atoms with Crippen LogP contribution in [0.2, 0.25) is 0 Å². The molecule has 8 nitrogen and oxygen atoms in total. The number of ether oxygens (including phenoxy) is 4. The molecule has 3 aliphatic rings. The average molecular weight is 559 g/mol. The van der Waals surface area contributed by atoms with Gasteiger partial charge in [0.05, 0.1) is 32.0 Å². The number of piperidine rings is 1. The van der Waals surface area contributed by atoms with Gasteiger partial charge in [-0.1, -0.05) is 61.5 Å². The fourth-order valence-electron chi connectivity index (χ4n) is 5.96. The molecule has 3 saturated heterocycles. The molecule has 0 unspecified atom stereocenters. The van der Waals surface area contributed by atoms with E-state index in [1.165, 1.54) is 0 Å². The second kappa shape index (κ2) is 12.4. The highest BCUT2D eigenvalue weighted by molar-refractivity contribution is 6.04. The standard InChI is InChI=1S/C33H38N2O6/c1-23-29(21-35-17-15-33(16-18-35)38-19-20-39-33)40-32(41-30(23)25-9-7-24(22-36)8-10-25)27-11-13-28(14-12-27)34-31(37)26-5-3-2-4-6-26/h2-14,23,29-30,32,36H,15-22H2,1H3,(H,34,37)/t23-,29+,30+,32+/m0/s1. The van der Waals surface area contributed by atoms with Crippen molar-refractivity contribution in [3.8, 4) is 0 Å². The number of aliphatic hydroxyl groups is 1. The van der Waals surface area contributed by atoms with Crippen molar-refractivity contribution < 1.29 is 28.8 Å². The maximum absolute atomic E-state index is 12.6. The van der Waals surface area contributed by atoms with E-state index < -0.39 is 12.1 Å². The van der Waals surface area contributed by atoms with Crippen molar-refractivity contribution >= 4 is 11.6 Å². The minimum atomic E-state index is -0.560. The predicted octanol–water partition coefficient (Wildman–Crippen LogP) is 5.06. The van der Waals surface area contributed by atoms with Crippen molar-refractivity contribution in [2.75, 3.05) is 38.2 Å². The topological polar surface area (TPSA) is 89.5 Å². The van der Waals surface area contributed by atoms with Crippen LogP contribution in [-0.2, 0) is 25.6 Å². The number of aliphatic hydroxyl groups excluding tert-OH is 1. The quantitative estimate of drug-likeness (QED) is 0.419. The Kier molecular flexibility index (Phi) is 8.48. The van der Waals surface area contributed by atoms with E-state index in [2.05, 4.69) is 17.1 Å². The van der Waals surface area contributed by atoms with E-state index in [1.807, 2.05) is 66.7 Å². The predicted molar refractivity (Wildman–Crippen MR) is 154 cm³/mol. The van der Waals surface area contributed by atoms with E-state index >= 15 is 0 Å². The molecule has 3 aromatic carbocycles. The Morgan fingerprint density at radius 1 is 0.902 bits per heavy atom. The summed E-state index contributed by atoms with van der Waals surface area (Å²) in [7, 11) is 0. The fraction of sp³-hybridized carbons (Fsp3) is 0.424. The van der Waals surface area contributed by atoms with Crippen molar-refractivity contribution in [3.63, 3.8) is 0 Å².